The number of nitrogens with zero attached hydrogens (tertiary/aromatic N) is 2. The van der Waals surface area contributed by atoms with E-state index in [2.05, 4.69) is 0 Å². The number of hydrogen-bond donors (Lipinski definition) is 0. The summed E-state index contributed by atoms with van der Waals surface area (Å²) in [5.74, 6) is 1.49. The third-order valence-electron chi connectivity index (χ3n) is 4.85. The highest BCUT2D eigenvalue weighted by atomic mass is 35.5. The average Bonchev–Trinajstić information content (AvgIpc) is 2.80. The van der Waals surface area contributed by atoms with Gasteiger partial charge in [-0.2, -0.15) is 0 Å². The molecule has 4 rings (SSSR count). The number of thioether (sulfide) groups is 2. The van der Waals surface area contributed by atoms with E-state index in [4.69, 9.17) is 21.3 Å². The Kier molecular flexibility index (Phi) is 7.03. The van der Waals surface area contributed by atoms with Crippen LogP contribution in [0.1, 0.15) is 18.9 Å². The smallest absolute Gasteiger partial charge is 0.340 e. The van der Waals surface area contributed by atoms with Crippen molar-refractivity contribution in [2.24, 2.45) is 0 Å². The number of fused-ring (bicyclic) bond motifs is 1. The summed E-state index contributed by atoms with van der Waals surface area (Å²) in [6, 6.07) is 13.4. The number of esters is 1. The van der Waals surface area contributed by atoms with Crippen LogP contribution in [-0.4, -0.2) is 34.0 Å². The Labute approximate surface area is 198 Å². The molecule has 32 heavy (non-hydrogen) atoms. The molecule has 2 heterocycles. The second-order valence-corrected chi connectivity index (χ2v) is 9.86. The molecule has 0 aliphatic carbocycles. The highest BCUT2D eigenvalue weighted by Crippen LogP contribution is 2.43. The van der Waals surface area contributed by atoms with E-state index in [0.717, 1.165) is 27.5 Å². The van der Waals surface area contributed by atoms with E-state index in [1.54, 1.807) is 54.7 Å². The number of hydrogen-bond acceptors (Lipinski definition) is 7. The van der Waals surface area contributed by atoms with Crippen molar-refractivity contribution in [1.82, 2.24) is 4.98 Å². The largest absolute Gasteiger partial charge is 0.462 e. The molecule has 0 unspecified atom stereocenters. The number of nitro groups is 1. The summed E-state index contributed by atoms with van der Waals surface area (Å²) in [5, 5.41) is 12.3. The van der Waals surface area contributed by atoms with Gasteiger partial charge in [-0.3, -0.25) is 10.1 Å². The number of pyridine rings is 1. The third-order valence-corrected chi connectivity index (χ3v) is 7.71. The Balaban J connectivity index is 1.96. The molecule has 9 heteroatoms. The molecule has 1 aromatic heterocycles. The van der Waals surface area contributed by atoms with Crippen molar-refractivity contribution in [2.75, 3.05) is 18.1 Å². The number of rotatable bonds is 5. The van der Waals surface area contributed by atoms with E-state index in [0.29, 0.717) is 32.9 Å². The quantitative estimate of drug-likeness (QED) is 0.174. The second-order valence-electron chi connectivity index (χ2n) is 6.95. The normalized spacial score (nSPS) is 13.8. The molecule has 1 saturated heterocycles. The fraction of sp³-hybridized carbons (Fsp3) is 0.217. The summed E-state index contributed by atoms with van der Waals surface area (Å²) in [6.07, 6.45) is 1.08. The fourth-order valence-corrected chi connectivity index (χ4v) is 6.20. The molecule has 164 valence electrons. The fourth-order valence-electron chi connectivity index (χ4n) is 3.39. The van der Waals surface area contributed by atoms with Crippen molar-refractivity contribution in [3.05, 3.63) is 73.5 Å². The summed E-state index contributed by atoms with van der Waals surface area (Å²) in [4.78, 5) is 28.4. The third kappa shape index (κ3) is 4.77. The monoisotopic (exact) mass is 486 g/mol. The van der Waals surface area contributed by atoms with Gasteiger partial charge in [-0.05, 0) is 61.2 Å². The van der Waals surface area contributed by atoms with Crippen molar-refractivity contribution in [1.29, 1.82) is 0 Å². The zero-order chi connectivity index (χ0) is 22.7. The standard InChI is InChI=1S/C23H19ClN2O4S2/c1-2-30-22(27)21(23-31-10-3-11-32-23)18-13-20(14-4-7-16(8-5-14)26(28)29)25-19-9-6-15(24)12-17(18)19/h4-9,12-13H,2-3,10-11H2,1H3. The molecule has 0 amide bonds. The van der Waals surface area contributed by atoms with Gasteiger partial charge in [0, 0.05) is 33.7 Å². The summed E-state index contributed by atoms with van der Waals surface area (Å²) in [7, 11) is 0. The first-order chi connectivity index (χ1) is 15.5. The Hall–Kier alpha value is -2.55. The lowest BCUT2D eigenvalue weighted by Crippen LogP contribution is -2.10. The predicted molar refractivity (Wildman–Crippen MR) is 132 cm³/mol. The van der Waals surface area contributed by atoms with Crippen molar-refractivity contribution in [3.8, 4) is 11.3 Å². The minimum atomic E-state index is -0.439. The molecular weight excluding hydrogens is 468 g/mol. The lowest BCUT2D eigenvalue weighted by Gasteiger charge is -2.19. The molecule has 0 bridgehead atoms. The maximum absolute atomic E-state index is 13.1. The van der Waals surface area contributed by atoms with Gasteiger partial charge in [-0.15, -0.1) is 23.5 Å². The first-order valence-electron chi connectivity index (χ1n) is 10.0. The van der Waals surface area contributed by atoms with Crippen molar-refractivity contribution < 1.29 is 14.5 Å². The molecule has 0 N–H and O–H groups in total. The molecule has 0 spiro atoms. The number of non-ortho nitro benzene ring substituents is 1. The van der Waals surface area contributed by atoms with E-state index in [9.17, 15) is 14.9 Å². The Morgan fingerprint density at radius 1 is 1.16 bits per heavy atom. The van der Waals surface area contributed by atoms with Crippen LogP contribution in [0.15, 0.2) is 52.8 Å². The van der Waals surface area contributed by atoms with Crippen LogP contribution in [0.25, 0.3) is 27.7 Å². The molecule has 0 saturated carbocycles. The molecule has 2 aromatic carbocycles. The first-order valence-corrected chi connectivity index (χ1v) is 12.4. The van der Waals surface area contributed by atoms with E-state index in [-0.39, 0.29) is 18.3 Å². The summed E-state index contributed by atoms with van der Waals surface area (Å²) < 4.78 is 6.35. The van der Waals surface area contributed by atoms with Gasteiger partial charge in [0.25, 0.3) is 5.69 Å². The van der Waals surface area contributed by atoms with Crippen LogP contribution in [0.3, 0.4) is 0 Å². The van der Waals surface area contributed by atoms with E-state index < -0.39 is 4.92 Å². The number of ether oxygens (including phenoxy) is 1. The van der Waals surface area contributed by atoms with Gasteiger partial charge in [0.1, 0.15) is 0 Å². The van der Waals surface area contributed by atoms with Crippen LogP contribution in [0, 0.1) is 10.1 Å². The first kappa shape index (κ1) is 22.6. The molecule has 0 atom stereocenters. The van der Waals surface area contributed by atoms with Gasteiger partial charge >= 0.3 is 5.97 Å². The molecule has 6 nitrogen and oxygen atoms in total. The van der Waals surface area contributed by atoms with E-state index in [1.165, 1.54) is 12.1 Å². The van der Waals surface area contributed by atoms with E-state index >= 15 is 0 Å². The number of carbonyl (C=O) groups is 1. The summed E-state index contributed by atoms with van der Waals surface area (Å²) in [6.45, 7) is 2.05. The molecule has 0 radical (unpaired) electrons. The van der Waals surface area contributed by atoms with Crippen LogP contribution >= 0.6 is 35.1 Å². The Morgan fingerprint density at radius 2 is 1.88 bits per heavy atom. The lowest BCUT2D eigenvalue weighted by atomic mass is 9.99. The van der Waals surface area contributed by atoms with Gasteiger partial charge in [-0.1, -0.05) is 11.6 Å². The molecule has 1 aliphatic heterocycles. The molecule has 1 fully saturated rings. The zero-order valence-electron chi connectivity index (χ0n) is 17.2. The van der Waals surface area contributed by atoms with E-state index in [1.807, 2.05) is 12.1 Å². The van der Waals surface area contributed by atoms with Gasteiger partial charge in [0.2, 0.25) is 0 Å². The Morgan fingerprint density at radius 3 is 2.53 bits per heavy atom. The second kappa shape index (κ2) is 9.94. The minimum Gasteiger partial charge on any atom is -0.462 e. The van der Waals surface area contributed by atoms with Crippen molar-refractivity contribution >= 4 is 63.3 Å². The zero-order valence-corrected chi connectivity index (χ0v) is 19.6. The van der Waals surface area contributed by atoms with Crippen LogP contribution in [-0.2, 0) is 9.53 Å². The van der Waals surface area contributed by atoms with Crippen molar-refractivity contribution in [2.45, 2.75) is 13.3 Å². The minimum absolute atomic E-state index is 0.00545. The average molecular weight is 487 g/mol. The van der Waals surface area contributed by atoms with Gasteiger partial charge in [-0.25, -0.2) is 9.78 Å². The maximum Gasteiger partial charge on any atom is 0.340 e. The SMILES string of the molecule is CCOC(=O)C(=C1SCCCS1)c1cc(-c2ccc([N+](=O)[O-])cc2)nc2ccc(Cl)cc12. The summed E-state index contributed by atoms with van der Waals surface area (Å²) in [5.41, 5.74) is 3.21. The highest BCUT2D eigenvalue weighted by Gasteiger charge is 2.25. The van der Waals surface area contributed by atoms with Crippen molar-refractivity contribution in [3.63, 3.8) is 0 Å². The Bertz CT molecular complexity index is 1220. The van der Waals surface area contributed by atoms with Crippen LogP contribution in [0.4, 0.5) is 5.69 Å². The number of benzene rings is 2. The number of nitro benzene ring substituents is 1. The predicted octanol–water partition coefficient (Wildman–Crippen LogP) is 6.57. The van der Waals surface area contributed by atoms with Crippen LogP contribution in [0.5, 0.6) is 0 Å². The molecule has 1 aliphatic rings. The van der Waals surface area contributed by atoms with Gasteiger partial charge in [0.15, 0.2) is 0 Å². The molecular formula is C23H19ClN2O4S2. The van der Waals surface area contributed by atoms with Gasteiger partial charge in [0.05, 0.1) is 32.6 Å². The van der Waals surface area contributed by atoms with Gasteiger partial charge < -0.3 is 4.74 Å². The summed E-state index contributed by atoms with van der Waals surface area (Å²) >= 11 is 9.60. The lowest BCUT2D eigenvalue weighted by molar-refractivity contribution is -0.384. The number of aromatic nitrogens is 1. The van der Waals surface area contributed by atoms with Crippen LogP contribution in [0.2, 0.25) is 5.02 Å². The molecule has 3 aromatic rings. The topological polar surface area (TPSA) is 82.3 Å². The number of carbonyl (C=O) groups excluding carboxylic acids is 1. The van der Waals surface area contributed by atoms with Crippen LogP contribution < -0.4 is 0 Å². The number of halogens is 1. The highest BCUT2D eigenvalue weighted by molar-refractivity contribution is 8.23. The maximum atomic E-state index is 13.1.